The fourth-order valence-corrected chi connectivity index (χ4v) is 1.64. The predicted octanol–water partition coefficient (Wildman–Crippen LogP) is 2.59. The molecule has 62 valence electrons. The van der Waals surface area contributed by atoms with E-state index in [1.807, 2.05) is 0 Å². The van der Waals surface area contributed by atoms with E-state index in [4.69, 9.17) is 6.57 Å². The van der Waals surface area contributed by atoms with Crippen LogP contribution in [0.15, 0.2) is 0 Å². The van der Waals surface area contributed by atoms with Gasteiger partial charge in [-0.3, -0.25) is 0 Å². The van der Waals surface area contributed by atoms with Gasteiger partial charge in [0.25, 0.3) is 0 Å². The van der Waals surface area contributed by atoms with Crippen LogP contribution in [0.1, 0.15) is 19.3 Å². The Morgan fingerprint density at radius 2 is 2.18 bits per heavy atom. The summed E-state index contributed by atoms with van der Waals surface area (Å²) >= 11 is 0. The fraction of sp³-hybridized carbons (Fsp3) is 0.875. The van der Waals surface area contributed by atoms with Gasteiger partial charge in [-0.15, -0.1) is 0 Å². The van der Waals surface area contributed by atoms with Gasteiger partial charge in [-0.2, -0.15) is 0 Å². The average Bonchev–Trinajstić information content (AvgIpc) is 2.37. The van der Waals surface area contributed by atoms with Crippen molar-refractivity contribution >= 4 is 0 Å². The van der Waals surface area contributed by atoms with E-state index in [-0.39, 0.29) is 5.92 Å². The third-order valence-electron chi connectivity index (χ3n) is 2.29. The zero-order valence-electron chi connectivity index (χ0n) is 6.26. The van der Waals surface area contributed by atoms with Crippen LogP contribution in [0.2, 0.25) is 0 Å². The molecule has 0 radical (unpaired) electrons. The van der Waals surface area contributed by atoms with Crippen LogP contribution in [0.4, 0.5) is 8.78 Å². The molecule has 1 aliphatic rings. The quantitative estimate of drug-likeness (QED) is 0.545. The summed E-state index contributed by atoms with van der Waals surface area (Å²) in [5, 5.41) is 0. The third-order valence-corrected chi connectivity index (χ3v) is 2.29. The first kappa shape index (κ1) is 8.45. The standard InChI is InChI=1S/C8H11F2N/c1-11-5-6-2-3-7(4-6)8(9)10/h6-8H,2-5H2. The van der Waals surface area contributed by atoms with Crippen LogP contribution < -0.4 is 0 Å². The number of alkyl halides is 2. The zero-order chi connectivity index (χ0) is 8.27. The maximum absolute atomic E-state index is 12.1. The van der Waals surface area contributed by atoms with Gasteiger partial charge in [0, 0.05) is 11.8 Å². The SMILES string of the molecule is [C-]#[N+]CC1CCC(C(F)F)C1. The van der Waals surface area contributed by atoms with E-state index in [0.717, 1.165) is 6.42 Å². The Kier molecular flexibility index (Phi) is 2.81. The Bertz CT molecular complexity index is 162. The Labute approximate surface area is 65.2 Å². The lowest BCUT2D eigenvalue weighted by Crippen LogP contribution is -2.07. The highest BCUT2D eigenvalue weighted by molar-refractivity contribution is 4.81. The molecule has 1 rings (SSSR count). The minimum absolute atomic E-state index is 0.242. The molecule has 0 heterocycles. The molecule has 1 aliphatic carbocycles. The average molecular weight is 159 g/mol. The molecule has 0 aliphatic heterocycles. The largest absolute Gasteiger partial charge is 0.317 e. The first-order valence-electron chi connectivity index (χ1n) is 3.85. The summed E-state index contributed by atoms with van der Waals surface area (Å²) in [5.41, 5.74) is 0. The Balaban J connectivity index is 2.30. The van der Waals surface area contributed by atoms with Gasteiger partial charge in [-0.25, -0.2) is 15.4 Å². The summed E-state index contributed by atoms with van der Waals surface area (Å²) in [7, 11) is 0. The predicted molar refractivity (Wildman–Crippen MR) is 38.3 cm³/mol. The number of nitrogens with zero attached hydrogens (tertiary/aromatic N) is 1. The van der Waals surface area contributed by atoms with Gasteiger partial charge in [0.2, 0.25) is 13.0 Å². The highest BCUT2D eigenvalue weighted by Gasteiger charge is 2.32. The van der Waals surface area contributed by atoms with Gasteiger partial charge >= 0.3 is 0 Å². The first-order valence-corrected chi connectivity index (χ1v) is 3.85. The Morgan fingerprint density at radius 3 is 2.64 bits per heavy atom. The number of hydrogen-bond donors (Lipinski definition) is 0. The maximum atomic E-state index is 12.1. The summed E-state index contributed by atoms with van der Waals surface area (Å²) in [4.78, 5) is 3.22. The summed E-state index contributed by atoms with van der Waals surface area (Å²) in [5.74, 6) is -0.187. The van der Waals surface area contributed by atoms with Crippen LogP contribution in [-0.2, 0) is 0 Å². The van der Waals surface area contributed by atoms with E-state index in [1.165, 1.54) is 0 Å². The van der Waals surface area contributed by atoms with E-state index < -0.39 is 12.3 Å². The minimum Gasteiger partial charge on any atom is -0.317 e. The molecule has 11 heavy (non-hydrogen) atoms. The normalized spacial score (nSPS) is 30.7. The van der Waals surface area contributed by atoms with Crippen molar-refractivity contribution in [2.24, 2.45) is 11.8 Å². The lowest BCUT2D eigenvalue weighted by molar-refractivity contribution is 0.0788. The summed E-state index contributed by atoms with van der Waals surface area (Å²) in [6.45, 7) is 7.01. The Hall–Kier alpha value is -0.650. The second-order valence-corrected chi connectivity index (χ2v) is 3.11. The van der Waals surface area contributed by atoms with Crippen molar-refractivity contribution < 1.29 is 8.78 Å². The molecule has 2 atom stereocenters. The molecular weight excluding hydrogens is 148 g/mol. The van der Waals surface area contributed by atoms with Crippen molar-refractivity contribution in [3.8, 4) is 0 Å². The number of hydrogen-bond acceptors (Lipinski definition) is 0. The molecule has 0 aromatic rings. The van der Waals surface area contributed by atoms with Gasteiger partial charge in [0.05, 0.1) is 0 Å². The molecule has 0 aromatic heterocycles. The summed E-state index contributed by atoms with van der Waals surface area (Å²) in [6.07, 6.45) is -0.194. The molecular formula is C8H11F2N. The van der Waals surface area contributed by atoms with E-state index >= 15 is 0 Å². The van der Waals surface area contributed by atoms with Crippen LogP contribution in [0, 0.1) is 18.4 Å². The lowest BCUT2D eigenvalue weighted by Gasteiger charge is -2.05. The van der Waals surface area contributed by atoms with Gasteiger partial charge in [-0.1, -0.05) is 0 Å². The molecule has 0 saturated heterocycles. The monoisotopic (exact) mass is 159 g/mol. The van der Waals surface area contributed by atoms with Crippen molar-refractivity contribution in [3.63, 3.8) is 0 Å². The van der Waals surface area contributed by atoms with Gasteiger partial charge in [0.1, 0.15) is 0 Å². The second kappa shape index (κ2) is 3.66. The second-order valence-electron chi connectivity index (χ2n) is 3.11. The van der Waals surface area contributed by atoms with E-state index in [0.29, 0.717) is 19.4 Å². The molecule has 3 heteroatoms. The maximum Gasteiger partial charge on any atom is 0.241 e. The number of halogens is 2. The molecule has 0 N–H and O–H groups in total. The smallest absolute Gasteiger partial charge is 0.241 e. The molecule has 1 fully saturated rings. The highest BCUT2D eigenvalue weighted by Crippen LogP contribution is 2.34. The van der Waals surface area contributed by atoms with Gasteiger partial charge in [-0.05, 0) is 19.3 Å². The van der Waals surface area contributed by atoms with E-state index in [9.17, 15) is 8.78 Å². The van der Waals surface area contributed by atoms with E-state index in [2.05, 4.69) is 4.85 Å². The van der Waals surface area contributed by atoms with Crippen LogP contribution in [-0.4, -0.2) is 13.0 Å². The van der Waals surface area contributed by atoms with Crippen LogP contribution in [0.5, 0.6) is 0 Å². The lowest BCUT2D eigenvalue weighted by atomic mass is 10.1. The first-order chi connectivity index (χ1) is 5.24. The van der Waals surface area contributed by atoms with E-state index in [1.54, 1.807) is 0 Å². The molecule has 1 saturated carbocycles. The van der Waals surface area contributed by atoms with Gasteiger partial charge in [0.15, 0.2) is 0 Å². The van der Waals surface area contributed by atoms with Gasteiger partial charge < -0.3 is 4.85 Å². The summed E-state index contributed by atoms with van der Waals surface area (Å²) in [6, 6.07) is 0. The van der Waals surface area contributed by atoms with Crippen molar-refractivity contribution in [1.29, 1.82) is 0 Å². The molecule has 0 spiro atoms. The highest BCUT2D eigenvalue weighted by atomic mass is 19.3. The van der Waals surface area contributed by atoms with Crippen molar-refractivity contribution in [2.75, 3.05) is 6.54 Å². The molecule has 0 aromatic carbocycles. The summed E-state index contributed by atoms with van der Waals surface area (Å²) < 4.78 is 24.2. The number of rotatable bonds is 2. The van der Waals surface area contributed by atoms with Crippen LogP contribution >= 0.6 is 0 Å². The van der Waals surface area contributed by atoms with Crippen molar-refractivity contribution in [2.45, 2.75) is 25.7 Å². The van der Waals surface area contributed by atoms with Crippen molar-refractivity contribution in [1.82, 2.24) is 0 Å². The fourth-order valence-electron chi connectivity index (χ4n) is 1.64. The molecule has 0 bridgehead atoms. The van der Waals surface area contributed by atoms with Crippen molar-refractivity contribution in [3.05, 3.63) is 11.4 Å². The Morgan fingerprint density at radius 1 is 1.45 bits per heavy atom. The molecule has 1 nitrogen and oxygen atoms in total. The topological polar surface area (TPSA) is 4.36 Å². The van der Waals surface area contributed by atoms with Crippen LogP contribution in [0.25, 0.3) is 4.85 Å². The molecule has 2 unspecified atom stereocenters. The molecule has 0 amide bonds. The third kappa shape index (κ3) is 2.14. The van der Waals surface area contributed by atoms with Crippen LogP contribution in [0.3, 0.4) is 0 Å². The zero-order valence-corrected chi connectivity index (χ0v) is 6.26. The minimum atomic E-state index is -2.18.